The van der Waals surface area contributed by atoms with Gasteiger partial charge in [0.05, 0.1) is 6.10 Å². The molecule has 0 amide bonds. The molecule has 1 nitrogen and oxygen atoms in total. The molecule has 0 radical (unpaired) electrons. The molecule has 1 unspecified atom stereocenters. The summed E-state index contributed by atoms with van der Waals surface area (Å²) in [6.45, 7) is 1.72. The van der Waals surface area contributed by atoms with Crippen LogP contribution in [0.25, 0.3) is 0 Å². The highest BCUT2D eigenvalue weighted by Crippen LogP contribution is 2.27. The standard InChI is InChI=1S/C15H14ClFOS/c1-10(18)11-3-2-4-14(7-11)19-9-12-5-6-13(16)8-15(12)17/h2-8,10,18H,9H2,1H3. The minimum Gasteiger partial charge on any atom is -0.389 e. The average Bonchev–Trinajstić information content (AvgIpc) is 2.38. The Morgan fingerprint density at radius 3 is 2.74 bits per heavy atom. The van der Waals surface area contributed by atoms with Gasteiger partial charge in [-0.05, 0) is 42.3 Å². The van der Waals surface area contributed by atoms with Crippen LogP contribution in [-0.4, -0.2) is 5.11 Å². The molecule has 2 aromatic carbocycles. The lowest BCUT2D eigenvalue weighted by molar-refractivity contribution is 0.199. The van der Waals surface area contributed by atoms with E-state index >= 15 is 0 Å². The Morgan fingerprint density at radius 2 is 2.05 bits per heavy atom. The second-order valence-electron chi connectivity index (χ2n) is 4.27. The number of aliphatic hydroxyl groups excluding tert-OH is 1. The minimum absolute atomic E-state index is 0.285. The lowest BCUT2D eigenvalue weighted by Crippen LogP contribution is -1.91. The molecule has 0 heterocycles. The third-order valence-electron chi connectivity index (χ3n) is 2.75. The molecule has 0 aliphatic carbocycles. The summed E-state index contributed by atoms with van der Waals surface area (Å²) >= 11 is 7.25. The molecule has 2 rings (SSSR count). The van der Waals surface area contributed by atoms with Crippen LogP contribution in [0, 0.1) is 5.82 Å². The molecule has 0 aliphatic heterocycles. The Kier molecular flexibility index (Phi) is 4.86. The molecule has 0 bridgehead atoms. The molecule has 4 heteroatoms. The van der Waals surface area contributed by atoms with Gasteiger partial charge < -0.3 is 5.11 Å². The van der Waals surface area contributed by atoms with E-state index in [0.29, 0.717) is 16.3 Å². The fourth-order valence-electron chi connectivity index (χ4n) is 1.66. The predicted molar refractivity (Wildman–Crippen MR) is 78.0 cm³/mol. The summed E-state index contributed by atoms with van der Waals surface area (Å²) in [5.41, 5.74) is 1.48. The van der Waals surface area contributed by atoms with E-state index in [4.69, 9.17) is 11.6 Å². The lowest BCUT2D eigenvalue weighted by atomic mass is 10.1. The molecule has 0 aromatic heterocycles. The van der Waals surface area contributed by atoms with E-state index in [0.717, 1.165) is 10.5 Å². The number of halogens is 2. The van der Waals surface area contributed by atoms with Crippen molar-refractivity contribution in [2.45, 2.75) is 23.7 Å². The summed E-state index contributed by atoms with van der Waals surface area (Å²) in [7, 11) is 0. The van der Waals surface area contributed by atoms with E-state index < -0.39 is 6.10 Å². The highest BCUT2D eigenvalue weighted by atomic mass is 35.5. The first-order chi connectivity index (χ1) is 9.06. The normalized spacial score (nSPS) is 12.4. The average molecular weight is 297 g/mol. The minimum atomic E-state index is -0.493. The van der Waals surface area contributed by atoms with Gasteiger partial charge in [0.25, 0.3) is 0 Å². The largest absolute Gasteiger partial charge is 0.389 e. The highest BCUT2D eigenvalue weighted by molar-refractivity contribution is 7.98. The maximum atomic E-state index is 13.6. The van der Waals surface area contributed by atoms with Crippen molar-refractivity contribution < 1.29 is 9.50 Å². The Hall–Kier alpha value is -1.03. The SMILES string of the molecule is CC(O)c1cccc(SCc2ccc(Cl)cc2F)c1. The number of rotatable bonds is 4. The predicted octanol–water partition coefficient (Wildman–Crippen LogP) is 4.82. The van der Waals surface area contributed by atoms with Gasteiger partial charge in [-0.1, -0.05) is 29.8 Å². The van der Waals surface area contributed by atoms with Crippen LogP contribution < -0.4 is 0 Å². The number of hydrogen-bond acceptors (Lipinski definition) is 2. The summed E-state index contributed by atoms with van der Waals surface area (Å²) in [5.74, 6) is 0.249. The van der Waals surface area contributed by atoms with Crippen molar-refractivity contribution in [3.05, 3.63) is 64.4 Å². The van der Waals surface area contributed by atoms with E-state index in [9.17, 15) is 9.50 Å². The van der Waals surface area contributed by atoms with E-state index in [-0.39, 0.29) is 5.82 Å². The molecule has 0 saturated carbocycles. The fourth-order valence-corrected chi connectivity index (χ4v) is 2.77. The van der Waals surface area contributed by atoms with Gasteiger partial charge >= 0.3 is 0 Å². The van der Waals surface area contributed by atoms with Crippen LogP contribution in [0.15, 0.2) is 47.4 Å². The number of aliphatic hydroxyl groups is 1. The zero-order valence-electron chi connectivity index (χ0n) is 10.4. The van der Waals surface area contributed by atoms with Gasteiger partial charge in [-0.3, -0.25) is 0 Å². The van der Waals surface area contributed by atoms with Crippen molar-refractivity contribution in [1.29, 1.82) is 0 Å². The Morgan fingerprint density at radius 1 is 1.26 bits per heavy atom. The zero-order valence-corrected chi connectivity index (χ0v) is 12.0. The molecular formula is C15H14ClFOS. The molecule has 0 fully saturated rings. The van der Waals surface area contributed by atoms with Gasteiger partial charge in [0.1, 0.15) is 5.82 Å². The second-order valence-corrected chi connectivity index (χ2v) is 5.76. The molecule has 0 aliphatic rings. The molecule has 2 aromatic rings. The first-order valence-corrected chi connectivity index (χ1v) is 7.27. The molecule has 100 valence electrons. The third kappa shape index (κ3) is 3.96. The molecule has 0 spiro atoms. The van der Waals surface area contributed by atoms with Crippen LogP contribution in [0.3, 0.4) is 0 Å². The van der Waals surface area contributed by atoms with Crippen LogP contribution in [0.5, 0.6) is 0 Å². The summed E-state index contributed by atoms with van der Waals surface area (Å²) in [4.78, 5) is 1.01. The molecule has 19 heavy (non-hydrogen) atoms. The smallest absolute Gasteiger partial charge is 0.128 e. The lowest BCUT2D eigenvalue weighted by Gasteiger charge is -2.08. The van der Waals surface area contributed by atoms with Gasteiger partial charge in [-0.25, -0.2) is 4.39 Å². The van der Waals surface area contributed by atoms with E-state index in [2.05, 4.69) is 0 Å². The maximum Gasteiger partial charge on any atom is 0.128 e. The van der Waals surface area contributed by atoms with Crippen molar-refractivity contribution in [2.24, 2.45) is 0 Å². The molecular weight excluding hydrogens is 283 g/mol. The summed E-state index contributed by atoms with van der Waals surface area (Å²) in [6, 6.07) is 12.3. The van der Waals surface area contributed by atoms with Crippen LogP contribution >= 0.6 is 23.4 Å². The highest BCUT2D eigenvalue weighted by Gasteiger charge is 2.05. The van der Waals surface area contributed by atoms with E-state index in [1.165, 1.54) is 17.8 Å². The van der Waals surface area contributed by atoms with Crippen LogP contribution in [0.4, 0.5) is 4.39 Å². The van der Waals surface area contributed by atoms with Crippen molar-refractivity contribution in [3.63, 3.8) is 0 Å². The fraction of sp³-hybridized carbons (Fsp3) is 0.200. The van der Waals surface area contributed by atoms with Crippen molar-refractivity contribution >= 4 is 23.4 Å². The van der Waals surface area contributed by atoms with Gasteiger partial charge in [0.2, 0.25) is 0 Å². The number of benzene rings is 2. The van der Waals surface area contributed by atoms with E-state index in [1.54, 1.807) is 19.1 Å². The van der Waals surface area contributed by atoms with Crippen LogP contribution in [-0.2, 0) is 5.75 Å². The zero-order chi connectivity index (χ0) is 13.8. The number of thioether (sulfide) groups is 1. The van der Waals surface area contributed by atoms with Crippen molar-refractivity contribution in [1.82, 2.24) is 0 Å². The van der Waals surface area contributed by atoms with Gasteiger partial charge in [0, 0.05) is 15.7 Å². The van der Waals surface area contributed by atoms with Crippen molar-refractivity contribution in [2.75, 3.05) is 0 Å². The third-order valence-corrected chi connectivity index (χ3v) is 4.03. The van der Waals surface area contributed by atoms with E-state index in [1.807, 2.05) is 24.3 Å². The topological polar surface area (TPSA) is 20.2 Å². The Labute approximate surface area is 121 Å². The molecule has 1 atom stereocenters. The molecule has 1 N–H and O–H groups in total. The van der Waals surface area contributed by atoms with Crippen molar-refractivity contribution in [3.8, 4) is 0 Å². The first kappa shape index (κ1) is 14.4. The van der Waals surface area contributed by atoms with Gasteiger partial charge in [-0.15, -0.1) is 11.8 Å². The second kappa shape index (κ2) is 6.42. The maximum absolute atomic E-state index is 13.6. The van der Waals surface area contributed by atoms with Gasteiger partial charge in [0.15, 0.2) is 0 Å². The summed E-state index contributed by atoms with van der Waals surface area (Å²) < 4.78 is 13.6. The number of hydrogen-bond donors (Lipinski definition) is 1. The quantitative estimate of drug-likeness (QED) is 0.816. The van der Waals surface area contributed by atoms with Gasteiger partial charge in [-0.2, -0.15) is 0 Å². The monoisotopic (exact) mass is 296 g/mol. The Bertz CT molecular complexity index is 572. The first-order valence-electron chi connectivity index (χ1n) is 5.91. The van der Waals surface area contributed by atoms with Crippen LogP contribution in [0.1, 0.15) is 24.2 Å². The Balaban J connectivity index is 2.08. The summed E-state index contributed by atoms with van der Waals surface area (Å²) in [5, 5.41) is 9.93. The summed E-state index contributed by atoms with van der Waals surface area (Å²) in [6.07, 6.45) is -0.493. The van der Waals surface area contributed by atoms with Crippen LogP contribution in [0.2, 0.25) is 5.02 Å². The molecule has 0 saturated heterocycles.